The molecule has 1 aliphatic heterocycles. The molecule has 4 rings (SSSR count). The monoisotopic (exact) mass is 452 g/mol. The van der Waals surface area contributed by atoms with Crippen molar-refractivity contribution in [2.24, 2.45) is 7.05 Å². The highest BCUT2D eigenvalue weighted by Gasteiger charge is 2.31. The van der Waals surface area contributed by atoms with E-state index in [1.165, 1.54) is 13.3 Å². The average Bonchev–Trinajstić information content (AvgIpc) is 3.33. The Morgan fingerprint density at radius 1 is 1.15 bits per heavy atom. The Bertz CT molecular complexity index is 1180. The molecule has 1 N–H and O–H groups in total. The number of nitrogens with one attached hydrogen (secondary N) is 1. The molecule has 1 aliphatic rings. The third-order valence-electron chi connectivity index (χ3n) is 5.16. The number of ether oxygens (including phenoxy) is 2. The van der Waals surface area contributed by atoms with Crippen LogP contribution in [0.3, 0.4) is 0 Å². The van der Waals surface area contributed by atoms with Crippen LogP contribution in [0.25, 0.3) is 22.6 Å². The van der Waals surface area contributed by atoms with Gasteiger partial charge in [-0.25, -0.2) is 14.8 Å². The van der Waals surface area contributed by atoms with Crippen molar-refractivity contribution in [3.63, 3.8) is 0 Å². The Labute approximate surface area is 191 Å². The first-order valence-corrected chi connectivity index (χ1v) is 10.8. The topological polar surface area (TPSA) is 111 Å². The zero-order chi connectivity index (χ0) is 23.8. The molecule has 1 saturated heterocycles. The summed E-state index contributed by atoms with van der Waals surface area (Å²) in [5, 5.41) is 2.75. The van der Waals surface area contributed by atoms with Crippen molar-refractivity contribution in [2.75, 3.05) is 18.4 Å². The number of amides is 2. The van der Waals surface area contributed by atoms with Gasteiger partial charge in [-0.1, -0.05) is 0 Å². The van der Waals surface area contributed by atoms with E-state index < -0.39 is 5.60 Å². The summed E-state index contributed by atoms with van der Waals surface area (Å²) in [4.78, 5) is 38.7. The van der Waals surface area contributed by atoms with E-state index in [-0.39, 0.29) is 18.1 Å². The van der Waals surface area contributed by atoms with Crippen LogP contribution in [0.1, 0.15) is 34.1 Å². The minimum atomic E-state index is -0.542. The lowest BCUT2D eigenvalue weighted by molar-refractivity contribution is -0.114. The van der Waals surface area contributed by atoms with Crippen molar-refractivity contribution >= 4 is 28.9 Å². The SMILES string of the molecule is CC(=O)Nc1ccc(-c2nc3c(O[C@H]4CCN(C(=O)OC(C)(C)C)C4)ncnc3n2C)cc1. The number of fused-ring (bicyclic) bond motifs is 1. The highest BCUT2D eigenvalue weighted by Crippen LogP contribution is 2.29. The molecule has 10 nitrogen and oxygen atoms in total. The van der Waals surface area contributed by atoms with Gasteiger partial charge in [-0.15, -0.1) is 0 Å². The van der Waals surface area contributed by atoms with Gasteiger partial charge < -0.3 is 24.3 Å². The number of aryl methyl sites for hydroxylation is 1. The van der Waals surface area contributed by atoms with Crippen molar-refractivity contribution in [1.82, 2.24) is 24.4 Å². The summed E-state index contributed by atoms with van der Waals surface area (Å²) < 4.78 is 13.5. The largest absolute Gasteiger partial charge is 0.471 e. The summed E-state index contributed by atoms with van der Waals surface area (Å²) in [5.41, 5.74) is 2.23. The Balaban J connectivity index is 1.53. The standard InChI is InChI=1S/C23H28N6O4/c1-14(30)26-16-8-6-15(7-9-16)19-27-18-20(28(19)5)24-13-25-21(18)32-17-10-11-29(12-17)22(31)33-23(2,3)4/h6-9,13,17H,10-12H2,1-5H3,(H,26,30)/t17-/m0/s1. The van der Waals surface area contributed by atoms with Crippen LogP contribution in [0.2, 0.25) is 0 Å². The number of likely N-dealkylation sites (tertiary alicyclic amines) is 1. The van der Waals surface area contributed by atoms with Gasteiger partial charge in [0.2, 0.25) is 11.8 Å². The van der Waals surface area contributed by atoms with Gasteiger partial charge in [0.15, 0.2) is 11.2 Å². The van der Waals surface area contributed by atoms with Crippen LogP contribution in [0, 0.1) is 0 Å². The second-order valence-corrected chi connectivity index (χ2v) is 9.06. The second-order valence-electron chi connectivity index (χ2n) is 9.06. The van der Waals surface area contributed by atoms with Crippen LogP contribution in [0.4, 0.5) is 10.5 Å². The summed E-state index contributed by atoms with van der Waals surface area (Å²) >= 11 is 0. The maximum atomic E-state index is 12.3. The maximum absolute atomic E-state index is 12.3. The molecule has 0 bridgehead atoms. The number of carbonyl (C=O) groups is 2. The summed E-state index contributed by atoms with van der Waals surface area (Å²) in [7, 11) is 1.88. The minimum absolute atomic E-state index is 0.125. The van der Waals surface area contributed by atoms with Gasteiger partial charge in [-0.3, -0.25) is 4.79 Å². The van der Waals surface area contributed by atoms with Gasteiger partial charge in [0.05, 0.1) is 6.54 Å². The van der Waals surface area contributed by atoms with Gasteiger partial charge in [0, 0.05) is 38.2 Å². The molecule has 174 valence electrons. The molecular formula is C23H28N6O4. The van der Waals surface area contributed by atoms with Crippen molar-refractivity contribution in [3.8, 4) is 17.3 Å². The third kappa shape index (κ3) is 5.05. The molecule has 0 unspecified atom stereocenters. The van der Waals surface area contributed by atoms with Crippen molar-refractivity contribution in [1.29, 1.82) is 0 Å². The fourth-order valence-corrected chi connectivity index (χ4v) is 3.70. The summed E-state index contributed by atoms with van der Waals surface area (Å²) in [6.45, 7) is 7.99. The second kappa shape index (κ2) is 8.68. The molecule has 0 aliphatic carbocycles. The van der Waals surface area contributed by atoms with E-state index in [4.69, 9.17) is 14.5 Å². The van der Waals surface area contributed by atoms with Crippen molar-refractivity contribution < 1.29 is 19.1 Å². The smallest absolute Gasteiger partial charge is 0.410 e. The third-order valence-corrected chi connectivity index (χ3v) is 5.16. The van der Waals surface area contributed by atoms with Crippen LogP contribution >= 0.6 is 0 Å². The molecule has 2 aromatic heterocycles. The highest BCUT2D eigenvalue weighted by molar-refractivity contribution is 5.89. The molecule has 1 fully saturated rings. The number of aromatic nitrogens is 4. The predicted molar refractivity (Wildman–Crippen MR) is 123 cm³/mol. The number of carbonyl (C=O) groups excluding carboxylic acids is 2. The Kier molecular flexibility index (Phi) is 5.92. The molecule has 2 amide bonds. The fourth-order valence-electron chi connectivity index (χ4n) is 3.70. The van der Waals surface area contributed by atoms with E-state index in [0.717, 1.165) is 5.56 Å². The number of benzene rings is 1. The van der Waals surface area contributed by atoms with Crippen LogP contribution in [0.15, 0.2) is 30.6 Å². The Morgan fingerprint density at radius 2 is 1.88 bits per heavy atom. The molecule has 33 heavy (non-hydrogen) atoms. The molecule has 3 heterocycles. The molecule has 10 heteroatoms. The number of nitrogens with zero attached hydrogens (tertiary/aromatic N) is 5. The van der Waals surface area contributed by atoms with Gasteiger partial charge in [-0.2, -0.15) is 4.98 Å². The van der Waals surface area contributed by atoms with Crippen LogP contribution in [-0.4, -0.2) is 61.2 Å². The van der Waals surface area contributed by atoms with E-state index in [1.54, 1.807) is 4.90 Å². The number of hydrogen-bond donors (Lipinski definition) is 1. The lowest BCUT2D eigenvalue weighted by atomic mass is 10.2. The Morgan fingerprint density at radius 3 is 2.55 bits per heavy atom. The van der Waals surface area contributed by atoms with Crippen molar-refractivity contribution in [3.05, 3.63) is 30.6 Å². The molecule has 0 radical (unpaired) electrons. The molecule has 1 atom stereocenters. The number of hydrogen-bond acceptors (Lipinski definition) is 7. The van der Waals surface area contributed by atoms with E-state index in [9.17, 15) is 9.59 Å². The summed E-state index contributed by atoms with van der Waals surface area (Å²) in [5.74, 6) is 0.957. The summed E-state index contributed by atoms with van der Waals surface area (Å²) in [6, 6.07) is 7.41. The summed E-state index contributed by atoms with van der Waals surface area (Å²) in [6.07, 6.45) is 1.57. The highest BCUT2D eigenvalue weighted by atomic mass is 16.6. The average molecular weight is 453 g/mol. The lowest BCUT2D eigenvalue weighted by Gasteiger charge is -2.24. The fraction of sp³-hybridized carbons (Fsp3) is 0.435. The van der Waals surface area contributed by atoms with Crippen molar-refractivity contribution in [2.45, 2.75) is 45.8 Å². The maximum Gasteiger partial charge on any atom is 0.410 e. The number of imidazole rings is 1. The van der Waals surface area contributed by atoms with E-state index >= 15 is 0 Å². The molecule has 0 spiro atoms. The predicted octanol–water partition coefficient (Wildman–Crippen LogP) is 3.38. The molecule has 3 aromatic rings. The van der Waals surface area contributed by atoms with Gasteiger partial charge in [0.25, 0.3) is 0 Å². The first-order valence-electron chi connectivity index (χ1n) is 10.8. The van der Waals surface area contributed by atoms with Gasteiger partial charge in [0.1, 0.15) is 23.9 Å². The first kappa shape index (κ1) is 22.5. The number of anilines is 1. The first-order chi connectivity index (χ1) is 15.6. The molecule has 1 aromatic carbocycles. The van der Waals surface area contributed by atoms with Gasteiger partial charge in [-0.05, 0) is 45.0 Å². The van der Waals surface area contributed by atoms with Crippen LogP contribution < -0.4 is 10.1 Å². The molecule has 0 saturated carbocycles. The lowest BCUT2D eigenvalue weighted by Crippen LogP contribution is -2.36. The Hall–Kier alpha value is -3.69. The van der Waals surface area contributed by atoms with E-state index in [0.29, 0.717) is 48.1 Å². The quantitative estimate of drug-likeness (QED) is 0.646. The normalized spacial score (nSPS) is 16.2. The minimum Gasteiger partial charge on any atom is -0.471 e. The zero-order valence-corrected chi connectivity index (χ0v) is 19.5. The zero-order valence-electron chi connectivity index (χ0n) is 19.5. The van der Waals surface area contributed by atoms with E-state index in [1.807, 2.05) is 56.7 Å². The van der Waals surface area contributed by atoms with Gasteiger partial charge >= 0.3 is 6.09 Å². The van der Waals surface area contributed by atoms with Crippen LogP contribution in [0.5, 0.6) is 5.88 Å². The number of rotatable bonds is 4. The van der Waals surface area contributed by atoms with Crippen LogP contribution in [-0.2, 0) is 16.6 Å². The molecular weight excluding hydrogens is 424 g/mol. The van der Waals surface area contributed by atoms with E-state index in [2.05, 4.69) is 15.3 Å².